The van der Waals surface area contributed by atoms with Crippen molar-refractivity contribution in [3.63, 3.8) is 0 Å². The van der Waals surface area contributed by atoms with E-state index in [0.717, 1.165) is 30.8 Å². The van der Waals surface area contributed by atoms with Crippen molar-refractivity contribution in [2.45, 2.75) is 12.2 Å². The molecule has 1 saturated heterocycles. The molecule has 0 aliphatic carbocycles. The lowest BCUT2D eigenvalue weighted by Crippen LogP contribution is -2.45. The van der Waals surface area contributed by atoms with Crippen LogP contribution in [-0.2, 0) is 22.0 Å². The lowest BCUT2D eigenvalue weighted by atomic mass is 10.1. The molecule has 6 heteroatoms. The van der Waals surface area contributed by atoms with E-state index in [1.807, 2.05) is 6.07 Å². The molecular weight excluding hydrogens is 286 g/mol. The Hall–Kier alpha value is -0.780. The topological polar surface area (TPSA) is 55.4 Å². The highest BCUT2D eigenvalue weighted by Crippen LogP contribution is 2.34. The van der Waals surface area contributed by atoms with Crippen molar-refractivity contribution in [3.05, 3.63) is 28.3 Å². The molecule has 3 rings (SSSR count). The first-order valence-corrected chi connectivity index (χ1v) is 8.59. The number of hydrogen-bond acceptors (Lipinski definition) is 4. The SMILES string of the molecule is O=S(=O)(Cc1cc(Cl)cc2c1OCC2)CC1CNC1. The molecule has 0 radical (unpaired) electrons. The second kappa shape index (κ2) is 4.96. The molecule has 2 heterocycles. The molecular formula is C13H16ClNO3S. The van der Waals surface area contributed by atoms with Gasteiger partial charge in [-0.25, -0.2) is 8.42 Å². The van der Waals surface area contributed by atoms with Gasteiger partial charge in [-0.05, 0) is 23.6 Å². The van der Waals surface area contributed by atoms with E-state index in [9.17, 15) is 8.42 Å². The van der Waals surface area contributed by atoms with Gasteiger partial charge in [0.15, 0.2) is 9.84 Å². The molecule has 2 aliphatic heterocycles. The minimum atomic E-state index is -3.11. The van der Waals surface area contributed by atoms with E-state index in [-0.39, 0.29) is 17.4 Å². The summed E-state index contributed by atoms with van der Waals surface area (Å²) in [6.07, 6.45) is 0.801. The smallest absolute Gasteiger partial charge is 0.154 e. The highest BCUT2D eigenvalue weighted by Gasteiger charge is 2.27. The molecule has 0 bridgehead atoms. The number of benzene rings is 1. The zero-order chi connectivity index (χ0) is 13.5. The Labute approximate surface area is 118 Å². The number of halogens is 1. The van der Waals surface area contributed by atoms with E-state index in [1.165, 1.54) is 0 Å². The predicted octanol–water partition coefficient (Wildman–Crippen LogP) is 1.41. The molecule has 1 aromatic carbocycles. The Morgan fingerprint density at radius 3 is 2.84 bits per heavy atom. The van der Waals surface area contributed by atoms with Crippen LogP contribution in [0, 0.1) is 5.92 Å². The van der Waals surface area contributed by atoms with Crippen LogP contribution in [0.15, 0.2) is 12.1 Å². The minimum absolute atomic E-state index is 0.0202. The van der Waals surface area contributed by atoms with Crippen molar-refractivity contribution in [3.8, 4) is 5.75 Å². The van der Waals surface area contributed by atoms with Gasteiger partial charge in [0, 0.05) is 30.1 Å². The van der Waals surface area contributed by atoms with Crippen LogP contribution in [-0.4, -0.2) is 33.9 Å². The summed E-state index contributed by atoms with van der Waals surface area (Å²) in [6, 6.07) is 3.57. The summed E-state index contributed by atoms with van der Waals surface area (Å²) in [5.74, 6) is 1.23. The first-order chi connectivity index (χ1) is 9.03. The van der Waals surface area contributed by atoms with E-state index in [1.54, 1.807) is 6.07 Å². The van der Waals surface area contributed by atoms with Gasteiger partial charge < -0.3 is 10.1 Å². The van der Waals surface area contributed by atoms with Gasteiger partial charge in [0.1, 0.15) is 5.75 Å². The van der Waals surface area contributed by atoms with E-state index < -0.39 is 9.84 Å². The number of hydrogen-bond donors (Lipinski definition) is 1. The Bertz CT molecular complexity index is 596. The van der Waals surface area contributed by atoms with Gasteiger partial charge in [0.25, 0.3) is 0 Å². The maximum atomic E-state index is 12.2. The van der Waals surface area contributed by atoms with Crippen molar-refractivity contribution < 1.29 is 13.2 Å². The molecule has 1 fully saturated rings. The van der Waals surface area contributed by atoms with Crippen LogP contribution in [0.2, 0.25) is 5.02 Å². The zero-order valence-corrected chi connectivity index (χ0v) is 12.1. The first kappa shape index (κ1) is 13.2. The van der Waals surface area contributed by atoms with E-state index in [0.29, 0.717) is 17.2 Å². The molecule has 0 atom stereocenters. The molecule has 1 N–H and O–H groups in total. The second-order valence-corrected chi connectivity index (χ2v) is 7.78. The largest absolute Gasteiger partial charge is 0.493 e. The number of nitrogens with one attached hydrogen (secondary N) is 1. The van der Waals surface area contributed by atoms with E-state index in [2.05, 4.69) is 5.32 Å². The Morgan fingerprint density at radius 1 is 1.37 bits per heavy atom. The normalized spacial score (nSPS) is 18.8. The predicted molar refractivity (Wildman–Crippen MR) is 74.5 cm³/mol. The number of sulfone groups is 1. The summed E-state index contributed by atoms with van der Waals surface area (Å²) in [6.45, 7) is 2.20. The van der Waals surface area contributed by atoms with Crippen molar-refractivity contribution >= 4 is 21.4 Å². The number of rotatable bonds is 4. The molecule has 0 aromatic heterocycles. The summed E-state index contributed by atoms with van der Waals surface area (Å²) in [4.78, 5) is 0. The lowest BCUT2D eigenvalue weighted by molar-refractivity contribution is 0.354. The standard InChI is InChI=1S/C13H16ClNO3S/c14-12-3-10-1-2-18-13(10)11(4-12)8-19(16,17)7-9-5-15-6-9/h3-4,9,15H,1-2,5-8H2. The third-order valence-corrected chi connectivity index (χ3v) is 5.50. The molecule has 19 heavy (non-hydrogen) atoms. The van der Waals surface area contributed by atoms with Gasteiger partial charge in [-0.1, -0.05) is 11.6 Å². The summed E-state index contributed by atoms with van der Waals surface area (Å²) >= 11 is 6.04. The van der Waals surface area contributed by atoms with Crippen LogP contribution in [0.1, 0.15) is 11.1 Å². The highest BCUT2D eigenvalue weighted by atomic mass is 35.5. The van der Waals surface area contributed by atoms with Crippen LogP contribution in [0.3, 0.4) is 0 Å². The molecule has 0 saturated carbocycles. The quantitative estimate of drug-likeness (QED) is 0.913. The van der Waals surface area contributed by atoms with Gasteiger partial charge in [0.2, 0.25) is 0 Å². The second-order valence-electron chi connectivity index (χ2n) is 5.23. The fourth-order valence-corrected chi connectivity index (χ4v) is 4.60. The van der Waals surface area contributed by atoms with Crippen LogP contribution in [0.4, 0.5) is 0 Å². The van der Waals surface area contributed by atoms with Gasteiger partial charge >= 0.3 is 0 Å². The summed E-state index contributed by atoms with van der Waals surface area (Å²) in [5, 5.41) is 3.67. The molecule has 104 valence electrons. The van der Waals surface area contributed by atoms with Gasteiger partial charge in [-0.2, -0.15) is 0 Å². The molecule has 4 nitrogen and oxygen atoms in total. The third kappa shape index (κ3) is 2.88. The highest BCUT2D eigenvalue weighted by molar-refractivity contribution is 7.90. The maximum absolute atomic E-state index is 12.2. The average Bonchev–Trinajstić information content (AvgIpc) is 2.71. The Morgan fingerprint density at radius 2 is 2.16 bits per heavy atom. The van der Waals surface area contributed by atoms with Crippen molar-refractivity contribution in [1.82, 2.24) is 5.32 Å². The summed E-state index contributed by atoms with van der Waals surface area (Å²) < 4.78 is 29.9. The van der Waals surface area contributed by atoms with E-state index >= 15 is 0 Å². The maximum Gasteiger partial charge on any atom is 0.154 e. The Kier molecular flexibility index (Phi) is 3.45. The molecule has 0 spiro atoms. The lowest BCUT2D eigenvalue weighted by Gasteiger charge is -2.26. The minimum Gasteiger partial charge on any atom is -0.493 e. The fraction of sp³-hybridized carbons (Fsp3) is 0.538. The van der Waals surface area contributed by atoms with Crippen molar-refractivity contribution in [2.24, 2.45) is 5.92 Å². The van der Waals surface area contributed by atoms with Crippen LogP contribution in [0.5, 0.6) is 5.75 Å². The Balaban J connectivity index is 1.82. The van der Waals surface area contributed by atoms with Crippen molar-refractivity contribution in [2.75, 3.05) is 25.4 Å². The molecule has 0 unspecified atom stereocenters. The van der Waals surface area contributed by atoms with Gasteiger partial charge in [0.05, 0.1) is 18.1 Å². The molecule has 2 aliphatic rings. The van der Waals surface area contributed by atoms with Gasteiger partial charge in [-0.15, -0.1) is 0 Å². The van der Waals surface area contributed by atoms with E-state index in [4.69, 9.17) is 16.3 Å². The van der Waals surface area contributed by atoms with Crippen LogP contribution in [0.25, 0.3) is 0 Å². The first-order valence-electron chi connectivity index (χ1n) is 6.39. The fourth-order valence-electron chi connectivity index (χ4n) is 2.57. The number of ether oxygens (including phenoxy) is 1. The number of fused-ring (bicyclic) bond motifs is 1. The van der Waals surface area contributed by atoms with Crippen LogP contribution >= 0.6 is 11.6 Å². The molecule has 0 amide bonds. The monoisotopic (exact) mass is 301 g/mol. The third-order valence-electron chi connectivity index (χ3n) is 3.56. The van der Waals surface area contributed by atoms with Gasteiger partial charge in [-0.3, -0.25) is 0 Å². The zero-order valence-electron chi connectivity index (χ0n) is 10.5. The molecule has 1 aromatic rings. The summed E-state index contributed by atoms with van der Waals surface area (Å²) in [5.41, 5.74) is 1.72. The average molecular weight is 302 g/mol. The van der Waals surface area contributed by atoms with Crippen molar-refractivity contribution in [1.29, 1.82) is 0 Å². The summed E-state index contributed by atoms with van der Waals surface area (Å²) in [7, 11) is -3.11. The van der Waals surface area contributed by atoms with Crippen LogP contribution < -0.4 is 10.1 Å².